The molecule has 1 heterocycles. The molecule has 0 radical (unpaired) electrons. The molecular weight excluding hydrogens is 348 g/mol. The van der Waals surface area contributed by atoms with Gasteiger partial charge in [-0.1, -0.05) is 37.1 Å². The molecular formula is C16H21ClN4O2S. The average Bonchev–Trinajstić information content (AvgIpc) is 2.56. The van der Waals surface area contributed by atoms with E-state index in [-0.39, 0.29) is 11.6 Å². The third kappa shape index (κ3) is 6.33. The Hall–Kier alpha value is -1.86. The van der Waals surface area contributed by atoms with Crippen LogP contribution in [0.15, 0.2) is 36.4 Å². The number of halogens is 1. The fraction of sp³-hybridized carbons (Fsp3) is 0.375. The number of rotatable bonds is 9. The molecule has 0 saturated carbocycles. The Morgan fingerprint density at radius 3 is 2.33 bits per heavy atom. The maximum atomic E-state index is 11.8. The van der Waals surface area contributed by atoms with Crippen LogP contribution in [-0.4, -0.2) is 30.9 Å². The molecule has 1 aromatic heterocycles. The lowest BCUT2D eigenvalue weighted by atomic mass is 10.1. The summed E-state index contributed by atoms with van der Waals surface area (Å²) in [5.41, 5.74) is 1.17. The molecule has 130 valence electrons. The summed E-state index contributed by atoms with van der Waals surface area (Å²) in [5, 5.41) is 11.7. The van der Waals surface area contributed by atoms with Gasteiger partial charge in [-0.25, -0.2) is 8.42 Å². The fourth-order valence-electron chi connectivity index (χ4n) is 2.01. The summed E-state index contributed by atoms with van der Waals surface area (Å²) in [6, 6.07) is 11.0. The summed E-state index contributed by atoms with van der Waals surface area (Å²) >= 11 is 5.85. The van der Waals surface area contributed by atoms with Gasteiger partial charge in [0.25, 0.3) is 0 Å². The normalized spacial score (nSPS) is 11.2. The van der Waals surface area contributed by atoms with Crippen LogP contribution in [0.5, 0.6) is 0 Å². The molecule has 0 fully saturated rings. The lowest BCUT2D eigenvalue weighted by molar-refractivity contribution is 0.597. The topological polar surface area (TPSA) is 84.0 Å². The largest absolute Gasteiger partial charge is 0.368 e. The van der Waals surface area contributed by atoms with Gasteiger partial charge in [0.05, 0.1) is 5.75 Å². The predicted octanol–water partition coefficient (Wildman–Crippen LogP) is 3.33. The fourth-order valence-corrected chi connectivity index (χ4v) is 3.34. The third-order valence-corrected chi connectivity index (χ3v) is 4.92. The molecule has 1 aromatic carbocycles. The summed E-state index contributed by atoms with van der Waals surface area (Å²) in [6.45, 7) is 2.64. The van der Waals surface area contributed by atoms with Crippen LogP contribution in [0.25, 0.3) is 0 Å². The van der Waals surface area contributed by atoms with Gasteiger partial charge in [-0.15, -0.1) is 10.2 Å². The van der Waals surface area contributed by atoms with Crippen LogP contribution >= 0.6 is 11.6 Å². The van der Waals surface area contributed by atoms with E-state index in [1.807, 2.05) is 31.2 Å². The minimum Gasteiger partial charge on any atom is -0.368 e. The van der Waals surface area contributed by atoms with Crippen molar-refractivity contribution in [3.05, 3.63) is 47.0 Å². The van der Waals surface area contributed by atoms with Crippen molar-refractivity contribution in [2.24, 2.45) is 0 Å². The van der Waals surface area contributed by atoms with Crippen molar-refractivity contribution >= 4 is 33.3 Å². The molecule has 0 unspecified atom stereocenters. The second-order valence-corrected chi connectivity index (χ2v) is 7.66. The van der Waals surface area contributed by atoms with Gasteiger partial charge in [-0.3, -0.25) is 4.72 Å². The van der Waals surface area contributed by atoms with Gasteiger partial charge >= 0.3 is 0 Å². The number of benzene rings is 1. The van der Waals surface area contributed by atoms with E-state index >= 15 is 0 Å². The van der Waals surface area contributed by atoms with E-state index < -0.39 is 10.0 Å². The minimum absolute atomic E-state index is 0.0896. The highest BCUT2D eigenvalue weighted by atomic mass is 35.5. The number of unbranched alkanes of at least 4 members (excludes halogenated alkanes) is 1. The van der Waals surface area contributed by atoms with Gasteiger partial charge in [0, 0.05) is 11.6 Å². The molecule has 0 spiro atoms. The number of hydrogen-bond acceptors (Lipinski definition) is 5. The standard InChI is InChI=1S/C16H21ClN4O2S/c1-2-3-12-24(22,23)21-16-9-8-15(19-20-16)18-11-10-13-4-6-14(17)7-5-13/h4-9H,2-3,10-12H2,1H3,(H,18,19)(H,20,21). The van der Waals surface area contributed by atoms with Crippen molar-refractivity contribution in [1.29, 1.82) is 0 Å². The Bertz CT molecular complexity index is 734. The van der Waals surface area contributed by atoms with Gasteiger partial charge < -0.3 is 5.32 Å². The van der Waals surface area contributed by atoms with Crippen LogP contribution in [0.4, 0.5) is 11.6 Å². The second-order valence-electron chi connectivity index (χ2n) is 5.38. The van der Waals surface area contributed by atoms with Gasteiger partial charge in [-0.05, 0) is 42.7 Å². The molecule has 24 heavy (non-hydrogen) atoms. The molecule has 0 saturated heterocycles. The number of aromatic nitrogens is 2. The summed E-state index contributed by atoms with van der Waals surface area (Å²) in [6.07, 6.45) is 2.26. The van der Waals surface area contributed by atoms with Crippen molar-refractivity contribution in [2.75, 3.05) is 22.3 Å². The molecule has 0 amide bonds. The van der Waals surface area contributed by atoms with Crippen LogP contribution in [-0.2, 0) is 16.4 Å². The molecule has 0 bridgehead atoms. The minimum atomic E-state index is -3.35. The van der Waals surface area contributed by atoms with Gasteiger partial charge in [0.2, 0.25) is 10.0 Å². The first-order valence-corrected chi connectivity index (χ1v) is 9.84. The zero-order chi connectivity index (χ0) is 17.4. The summed E-state index contributed by atoms with van der Waals surface area (Å²) < 4.78 is 26.0. The molecule has 2 aromatic rings. The number of nitrogens with zero attached hydrogens (tertiary/aromatic N) is 2. The van der Waals surface area contributed by atoms with Crippen LogP contribution in [0.1, 0.15) is 25.3 Å². The first kappa shape index (κ1) is 18.5. The van der Waals surface area contributed by atoms with Crippen LogP contribution in [0.3, 0.4) is 0 Å². The zero-order valence-electron chi connectivity index (χ0n) is 13.5. The van der Waals surface area contributed by atoms with Crippen molar-refractivity contribution in [2.45, 2.75) is 26.2 Å². The van der Waals surface area contributed by atoms with E-state index in [9.17, 15) is 8.42 Å². The predicted molar refractivity (Wildman–Crippen MR) is 98.0 cm³/mol. The van der Waals surface area contributed by atoms with Crippen LogP contribution in [0.2, 0.25) is 5.02 Å². The Kier molecular flexibility index (Phi) is 6.81. The lowest BCUT2D eigenvalue weighted by Gasteiger charge is -2.08. The number of hydrogen-bond donors (Lipinski definition) is 2. The van der Waals surface area contributed by atoms with E-state index in [4.69, 9.17) is 11.6 Å². The second kappa shape index (κ2) is 8.84. The van der Waals surface area contributed by atoms with E-state index in [0.717, 1.165) is 17.9 Å². The summed E-state index contributed by atoms with van der Waals surface area (Å²) in [4.78, 5) is 0. The molecule has 0 aliphatic carbocycles. The summed E-state index contributed by atoms with van der Waals surface area (Å²) in [7, 11) is -3.35. The van der Waals surface area contributed by atoms with Crippen LogP contribution in [0, 0.1) is 0 Å². The Balaban J connectivity index is 1.82. The molecule has 0 atom stereocenters. The molecule has 0 aliphatic rings. The number of sulfonamides is 1. The van der Waals surface area contributed by atoms with Crippen molar-refractivity contribution in [1.82, 2.24) is 10.2 Å². The van der Waals surface area contributed by atoms with Crippen molar-refractivity contribution in [3.8, 4) is 0 Å². The molecule has 6 nitrogen and oxygen atoms in total. The molecule has 2 rings (SSSR count). The number of anilines is 2. The quantitative estimate of drug-likeness (QED) is 0.709. The van der Waals surface area contributed by atoms with Crippen molar-refractivity contribution < 1.29 is 8.42 Å². The number of nitrogens with one attached hydrogen (secondary N) is 2. The highest BCUT2D eigenvalue weighted by molar-refractivity contribution is 7.92. The molecule has 0 aliphatic heterocycles. The van der Waals surface area contributed by atoms with Gasteiger partial charge in [-0.2, -0.15) is 0 Å². The highest BCUT2D eigenvalue weighted by Crippen LogP contribution is 2.11. The van der Waals surface area contributed by atoms with Gasteiger partial charge in [0.1, 0.15) is 5.82 Å². The smallest absolute Gasteiger partial charge is 0.233 e. The van der Waals surface area contributed by atoms with Crippen molar-refractivity contribution in [3.63, 3.8) is 0 Å². The zero-order valence-corrected chi connectivity index (χ0v) is 15.1. The Morgan fingerprint density at radius 2 is 1.71 bits per heavy atom. The van der Waals surface area contributed by atoms with E-state index in [1.165, 1.54) is 5.56 Å². The highest BCUT2D eigenvalue weighted by Gasteiger charge is 2.10. The molecule has 8 heteroatoms. The summed E-state index contributed by atoms with van der Waals surface area (Å²) in [5.74, 6) is 0.918. The van der Waals surface area contributed by atoms with E-state index in [0.29, 0.717) is 18.8 Å². The van der Waals surface area contributed by atoms with Crippen LogP contribution < -0.4 is 10.0 Å². The first-order valence-electron chi connectivity index (χ1n) is 7.81. The lowest BCUT2D eigenvalue weighted by Crippen LogP contribution is -2.17. The first-order chi connectivity index (χ1) is 11.5. The SMILES string of the molecule is CCCCS(=O)(=O)Nc1ccc(NCCc2ccc(Cl)cc2)nn1. The maximum absolute atomic E-state index is 11.8. The van der Waals surface area contributed by atoms with E-state index in [2.05, 4.69) is 20.2 Å². The monoisotopic (exact) mass is 368 g/mol. The third-order valence-electron chi connectivity index (χ3n) is 3.32. The Morgan fingerprint density at radius 1 is 1.04 bits per heavy atom. The van der Waals surface area contributed by atoms with E-state index in [1.54, 1.807) is 12.1 Å². The maximum Gasteiger partial charge on any atom is 0.233 e. The Labute approximate surface area is 147 Å². The average molecular weight is 369 g/mol. The van der Waals surface area contributed by atoms with Gasteiger partial charge in [0.15, 0.2) is 5.82 Å². The molecule has 2 N–H and O–H groups in total.